The average molecular weight is 219 g/mol. The zero-order valence-corrected chi connectivity index (χ0v) is 9.47. The number of aliphatic hydroxyl groups is 1. The molecule has 0 spiro atoms. The summed E-state index contributed by atoms with van der Waals surface area (Å²) in [6, 6.07) is 7.61. The van der Waals surface area contributed by atoms with Crippen molar-refractivity contribution in [2.24, 2.45) is 5.92 Å². The third kappa shape index (κ3) is 2.09. The molecule has 1 heterocycles. The van der Waals surface area contributed by atoms with Crippen LogP contribution in [0.25, 0.3) is 0 Å². The molecule has 1 aromatic carbocycles. The number of anilines is 1. The van der Waals surface area contributed by atoms with E-state index >= 15 is 0 Å². The Morgan fingerprint density at radius 3 is 2.88 bits per heavy atom. The lowest BCUT2D eigenvalue weighted by molar-refractivity contribution is 0.0970. The van der Waals surface area contributed by atoms with Gasteiger partial charge in [0.1, 0.15) is 0 Å². The summed E-state index contributed by atoms with van der Waals surface area (Å²) in [5, 5.41) is 9.67. The number of benzene rings is 1. The third-order valence-electron chi connectivity index (χ3n) is 3.26. The van der Waals surface area contributed by atoms with Crippen LogP contribution in [-0.2, 0) is 0 Å². The molecule has 1 aromatic rings. The predicted octanol–water partition coefficient (Wildman–Crippen LogP) is 1.71. The number of rotatable bonds is 2. The van der Waals surface area contributed by atoms with E-state index in [1.807, 2.05) is 31.2 Å². The van der Waals surface area contributed by atoms with Crippen molar-refractivity contribution in [3.05, 3.63) is 29.8 Å². The number of carbonyl (C=O) groups is 1. The topological polar surface area (TPSA) is 40.5 Å². The van der Waals surface area contributed by atoms with Crippen molar-refractivity contribution in [2.45, 2.75) is 19.4 Å². The van der Waals surface area contributed by atoms with Gasteiger partial charge in [-0.15, -0.1) is 0 Å². The number of para-hydroxylation sites is 1. The molecule has 1 aliphatic heterocycles. The zero-order valence-electron chi connectivity index (χ0n) is 9.47. The molecule has 1 N–H and O–H groups in total. The van der Waals surface area contributed by atoms with Gasteiger partial charge in [0, 0.05) is 24.3 Å². The molecule has 3 heteroatoms. The van der Waals surface area contributed by atoms with Crippen molar-refractivity contribution in [1.82, 2.24) is 0 Å². The second-order valence-corrected chi connectivity index (χ2v) is 4.46. The van der Waals surface area contributed by atoms with Gasteiger partial charge in [-0.25, -0.2) is 0 Å². The van der Waals surface area contributed by atoms with Crippen LogP contribution in [0.15, 0.2) is 24.3 Å². The maximum atomic E-state index is 10.9. The van der Waals surface area contributed by atoms with E-state index in [2.05, 4.69) is 4.90 Å². The van der Waals surface area contributed by atoms with Gasteiger partial charge in [-0.2, -0.15) is 0 Å². The molecule has 2 unspecified atom stereocenters. The van der Waals surface area contributed by atoms with E-state index in [1.165, 1.54) is 0 Å². The van der Waals surface area contributed by atoms with Crippen molar-refractivity contribution < 1.29 is 9.90 Å². The van der Waals surface area contributed by atoms with Crippen LogP contribution < -0.4 is 4.90 Å². The van der Waals surface area contributed by atoms with E-state index in [1.54, 1.807) is 0 Å². The van der Waals surface area contributed by atoms with Gasteiger partial charge in [-0.05, 0) is 24.5 Å². The molecule has 2 rings (SSSR count). The van der Waals surface area contributed by atoms with Gasteiger partial charge in [-0.1, -0.05) is 19.1 Å². The highest BCUT2D eigenvalue weighted by molar-refractivity contribution is 5.84. The first-order valence-electron chi connectivity index (χ1n) is 5.69. The molecule has 0 aliphatic carbocycles. The van der Waals surface area contributed by atoms with Gasteiger partial charge in [0.25, 0.3) is 0 Å². The maximum absolute atomic E-state index is 10.9. The Bertz CT molecular complexity index is 378. The number of hydrogen-bond donors (Lipinski definition) is 1. The second kappa shape index (κ2) is 4.66. The van der Waals surface area contributed by atoms with Crippen molar-refractivity contribution in [1.29, 1.82) is 0 Å². The minimum atomic E-state index is -0.209. The Balaban J connectivity index is 2.21. The van der Waals surface area contributed by atoms with Crippen LogP contribution in [0.3, 0.4) is 0 Å². The molecule has 0 aromatic heterocycles. The third-order valence-corrected chi connectivity index (χ3v) is 3.26. The van der Waals surface area contributed by atoms with E-state index < -0.39 is 0 Å². The number of piperidine rings is 1. The summed E-state index contributed by atoms with van der Waals surface area (Å²) in [6.45, 7) is 3.67. The van der Waals surface area contributed by atoms with Crippen LogP contribution in [0.2, 0.25) is 0 Å². The lowest BCUT2D eigenvalue weighted by atomic mass is 9.96. The summed E-state index contributed by atoms with van der Waals surface area (Å²) in [7, 11) is 0. The lowest BCUT2D eigenvalue weighted by Gasteiger charge is -2.36. The highest BCUT2D eigenvalue weighted by Crippen LogP contribution is 2.25. The molecule has 86 valence electrons. The second-order valence-electron chi connectivity index (χ2n) is 4.46. The maximum Gasteiger partial charge on any atom is 0.152 e. The van der Waals surface area contributed by atoms with Crippen molar-refractivity contribution in [3.63, 3.8) is 0 Å². The molecule has 0 bridgehead atoms. The Morgan fingerprint density at radius 2 is 2.19 bits per heavy atom. The van der Waals surface area contributed by atoms with E-state index in [0.29, 0.717) is 0 Å². The van der Waals surface area contributed by atoms with Crippen molar-refractivity contribution in [3.8, 4) is 0 Å². The van der Waals surface area contributed by atoms with Gasteiger partial charge in [0.05, 0.1) is 6.10 Å². The molecule has 1 saturated heterocycles. The Labute approximate surface area is 95.7 Å². The van der Waals surface area contributed by atoms with Crippen LogP contribution in [0.4, 0.5) is 5.69 Å². The van der Waals surface area contributed by atoms with Gasteiger partial charge in [-0.3, -0.25) is 4.79 Å². The van der Waals surface area contributed by atoms with E-state index in [-0.39, 0.29) is 12.0 Å². The van der Waals surface area contributed by atoms with E-state index in [0.717, 1.165) is 37.0 Å². The van der Waals surface area contributed by atoms with Gasteiger partial charge >= 0.3 is 0 Å². The van der Waals surface area contributed by atoms with Crippen LogP contribution >= 0.6 is 0 Å². The number of aldehydes is 1. The first-order chi connectivity index (χ1) is 7.72. The van der Waals surface area contributed by atoms with Gasteiger partial charge in [0.15, 0.2) is 6.29 Å². The van der Waals surface area contributed by atoms with Crippen LogP contribution in [-0.4, -0.2) is 30.6 Å². The van der Waals surface area contributed by atoms with Crippen LogP contribution in [0.1, 0.15) is 23.7 Å². The molecule has 16 heavy (non-hydrogen) atoms. The highest BCUT2D eigenvalue weighted by Gasteiger charge is 2.25. The smallest absolute Gasteiger partial charge is 0.152 e. The molecule has 0 amide bonds. The fraction of sp³-hybridized carbons (Fsp3) is 0.462. The van der Waals surface area contributed by atoms with E-state index in [4.69, 9.17) is 0 Å². The number of hydrogen-bond acceptors (Lipinski definition) is 3. The molecule has 1 fully saturated rings. The summed E-state index contributed by atoms with van der Waals surface area (Å²) in [5.41, 5.74) is 1.71. The first kappa shape index (κ1) is 11.1. The minimum Gasteiger partial charge on any atom is -0.393 e. The first-order valence-corrected chi connectivity index (χ1v) is 5.69. The summed E-state index contributed by atoms with van der Waals surface area (Å²) in [5.74, 6) is 0.258. The number of carbonyl (C=O) groups excluding carboxylic acids is 1. The molecule has 0 saturated carbocycles. The van der Waals surface area contributed by atoms with Crippen LogP contribution in [0.5, 0.6) is 0 Å². The fourth-order valence-corrected chi connectivity index (χ4v) is 2.23. The highest BCUT2D eigenvalue weighted by atomic mass is 16.3. The number of nitrogens with zero attached hydrogens (tertiary/aromatic N) is 1. The zero-order chi connectivity index (χ0) is 11.5. The molecular formula is C13H17NO2. The predicted molar refractivity (Wildman–Crippen MR) is 63.8 cm³/mol. The van der Waals surface area contributed by atoms with Crippen molar-refractivity contribution in [2.75, 3.05) is 18.0 Å². The van der Waals surface area contributed by atoms with Crippen LogP contribution in [0, 0.1) is 5.92 Å². The lowest BCUT2D eigenvalue weighted by Crippen LogP contribution is -2.42. The standard InChI is InChI=1S/C13H17NO2/c1-10-8-14(7-6-13(10)16)12-5-3-2-4-11(12)9-15/h2-5,9-10,13,16H,6-8H2,1H3. The largest absolute Gasteiger partial charge is 0.393 e. The van der Waals surface area contributed by atoms with Gasteiger partial charge in [0.2, 0.25) is 0 Å². The average Bonchev–Trinajstić information content (AvgIpc) is 2.32. The summed E-state index contributed by atoms with van der Waals surface area (Å²) in [4.78, 5) is 13.1. The molecule has 0 radical (unpaired) electrons. The molecule has 3 nitrogen and oxygen atoms in total. The van der Waals surface area contributed by atoms with Gasteiger partial charge < -0.3 is 10.0 Å². The molecule has 2 atom stereocenters. The Hall–Kier alpha value is -1.35. The molecular weight excluding hydrogens is 202 g/mol. The van der Waals surface area contributed by atoms with E-state index in [9.17, 15) is 9.90 Å². The number of aliphatic hydroxyl groups excluding tert-OH is 1. The fourth-order valence-electron chi connectivity index (χ4n) is 2.23. The SMILES string of the molecule is CC1CN(c2ccccc2C=O)CCC1O. The normalized spacial score (nSPS) is 25.5. The Morgan fingerprint density at radius 1 is 1.44 bits per heavy atom. The molecule has 1 aliphatic rings. The quantitative estimate of drug-likeness (QED) is 0.770. The van der Waals surface area contributed by atoms with Crippen molar-refractivity contribution >= 4 is 12.0 Å². The monoisotopic (exact) mass is 219 g/mol. The minimum absolute atomic E-state index is 0.209. The Kier molecular flexibility index (Phi) is 3.25. The summed E-state index contributed by atoms with van der Waals surface area (Å²) in [6.07, 6.45) is 1.46. The summed E-state index contributed by atoms with van der Waals surface area (Å²) >= 11 is 0. The summed E-state index contributed by atoms with van der Waals surface area (Å²) < 4.78 is 0.